The molecule has 0 saturated carbocycles. The Bertz CT molecular complexity index is 352. The van der Waals surface area contributed by atoms with Gasteiger partial charge in [0.25, 0.3) is 0 Å². The molecule has 3 nitrogen and oxygen atoms in total. The molecular formula is C10H14BF3KNO2. The van der Waals surface area contributed by atoms with Crippen molar-refractivity contribution < 1.29 is 73.8 Å². The summed E-state index contributed by atoms with van der Waals surface area (Å²) in [6.45, 7) is -1.86. The van der Waals surface area contributed by atoms with Gasteiger partial charge in [-0.05, 0) is 12.5 Å². The van der Waals surface area contributed by atoms with Crippen molar-refractivity contribution in [3.63, 3.8) is 0 Å². The van der Waals surface area contributed by atoms with E-state index in [9.17, 15) is 12.9 Å². The van der Waals surface area contributed by atoms with E-state index in [1.165, 1.54) is 6.20 Å². The summed E-state index contributed by atoms with van der Waals surface area (Å²) >= 11 is 0. The van der Waals surface area contributed by atoms with Crippen molar-refractivity contribution >= 4 is 12.4 Å². The maximum Gasteiger partial charge on any atom is 1.00 e. The molecule has 8 heteroatoms. The number of nitrogens with zero attached hydrogens (tertiary/aromatic N) is 1. The Hall–Kier alpha value is 0.401. The Morgan fingerprint density at radius 1 is 1.17 bits per heavy atom. The van der Waals surface area contributed by atoms with E-state index in [-0.39, 0.29) is 63.7 Å². The van der Waals surface area contributed by atoms with Crippen molar-refractivity contribution in [1.82, 2.24) is 4.98 Å². The average molecular weight is 287 g/mol. The Morgan fingerprint density at radius 2 is 1.89 bits per heavy atom. The van der Waals surface area contributed by atoms with Gasteiger partial charge in [0.1, 0.15) is 12.4 Å². The number of hydrogen-bond donors (Lipinski definition) is 0. The van der Waals surface area contributed by atoms with Crippen LogP contribution in [0.4, 0.5) is 12.9 Å². The molecule has 0 aliphatic rings. The summed E-state index contributed by atoms with van der Waals surface area (Å²) in [4.78, 5) is 3.50. The van der Waals surface area contributed by atoms with Gasteiger partial charge in [0, 0.05) is 12.8 Å². The van der Waals surface area contributed by atoms with Gasteiger partial charge in [-0.1, -0.05) is 12.4 Å². The van der Waals surface area contributed by atoms with E-state index in [2.05, 4.69) is 4.98 Å². The van der Waals surface area contributed by atoms with Crippen LogP contribution in [0.1, 0.15) is 13.3 Å². The molecule has 0 aliphatic carbocycles. The number of ether oxygens (including phenoxy) is 2. The zero-order valence-corrected chi connectivity index (χ0v) is 13.7. The van der Waals surface area contributed by atoms with E-state index in [1.807, 2.05) is 6.92 Å². The molecule has 0 atom stereocenters. The van der Waals surface area contributed by atoms with Crippen LogP contribution in [0.5, 0.6) is 5.75 Å². The Morgan fingerprint density at radius 3 is 2.50 bits per heavy atom. The van der Waals surface area contributed by atoms with Crippen molar-refractivity contribution in [3.05, 3.63) is 18.5 Å². The summed E-state index contributed by atoms with van der Waals surface area (Å²) in [5.74, 6) is 0.113. The molecule has 18 heavy (non-hydrogen) atoms. The second kappa shape index (κ2) is 9.33. The molecule has 0 fully saturated rings. The van der Waals surface area contributed by atoms with Gasteiger partial charge >= 0.3 is 58.4 Å². The molecule has 0 unspecified atom stereocenters. The van der Waals surface area contributed by atoms with Gasteiger partial charge in [-0.15, -0.1) is 0 Å². The van der Waals surface area contributed by atoms with Crippen molar-refractivity contribution in [3.8, 4) is 5.75 Å². The molecule has 0 aromatic carbocycles. The fourth-order valence-corrected chi connectivity index (χ4v) is 1.16. The SMILES string of the molecule is CCCOCCOc1cncc([B-](F)(F)F)c1.[K+]. The summed E-state index contributed by atoms with van der Waals surface area (Å²) in [6, 6.07) is 0.951. The third-order valence-electron chi connectivity index (χ3n) is 1.96. The van der Waals surface area contributed by atoms with Crippen LogP contribution in [-0.4, -0.2) is 31.8 Å². The van der Waals surface area contributed by atoms with Crippen LogP contribution in [0, 0.1) is 0 Å². The molecule has 0 aliphatic heterocycles. The summed E-state index contributed by atoms with van der Waals surface area (Å²) in [5, 5.41) is 0. The first kappa shape index (κ1) is 18.4. The molecule has 0 amide bonds. The van der Waals surface area contributed by atoms with Crippen LogP contribution in [0.2, 0.25) is 0 Å². The monoisotopic (exact) mass is 287 g/mol. The second-order valence-electron chi connectivity index (χ2n) is 3.49. The van der Waals surface area contributed by atoms with Gasteiger partial charge in [-0.3, -0.25) is 4.98 Å². The van der Waals surface area contributed by atoms with Crippen molar-refractivity contribution in [1.29, 1.82) is 0 Å². The van der Waals surface area contributed by atoms with Gasteiger partial charge in [-0.25, -0.2) is 0 Å². The average Bonchev–Trinajstić information content (AvgIpc) is 2.28. The molecule has 0 N–H and O–H groups in total. The minimum absolute atomic E-state index is 0. The zero-order valence-electron chi connectivity index (χ0n) is 10.5. The molecule has 96 valence electrons. The van der Waals surface area contributed by atoms with Crippen LogP contribution < -0.4 is 61.6 Å². The minimum atomic E-state index is -5.03. The van der Waals surface area contributed by atoms with E-state index in [0.29, 0.717) is 13.2 Å². The maximum absolute atomic E-state index is 12.4. The number of pyridine rings is 1. The molecular weight excluding hydrogens is 273 g/mol. The van der Waals surface area contributed by atoms with E-state index in [1.54, 1.807) is 0 Å². The summed E-state index contributed by atoms with van der Waals surface area (Å²) < 4.78 is 47.4. The molecule has 1 aromatic heterocycles. The van der Waals surface area contributed by atoms with Gasteiger partial charge in [0.05, 0.1) is 12.8 Å². The molecule has 0 saturated heterocycles. The van der Waals surface area contributed by atoms with Crippen molar-refractivity contribution in [2.75, 3.05) is 19.8 Å². The molecule has 0 spiro atoms. The summed E-state index contributed by atoms with van der Waals surface area (Å²) in [5.41, 5.74) is -0.753. The fourth-order valence-electron chi connectivity index (χ4n) is 1.16. The first-order valence-electron chi connectivity index (χ1n) is 5.39. The van der Waals surface area contributed by atoms with E-state index in [4.69, 9.17) is 9.47 Å². The standard InChI is InChI=1S/C10H14BF3NO2.K/c1-2-3-16-4-5-17-10-6-9(7-15-8-10)11(12,13)14;/h6-8H,2-5H2,1H3;/q-1;+1. The number of hydrogen-bond acceptors (Lipinski definition) is 3. The third kappa shape index (κ3) is 7.10. The Labute approximate surface area is 147 Å². The van der Waals surface area contributed by atoms with Crippen LogP contribution >= 0.6 is 0 Å². The fraction of sp³-hybridized carbons (Fsp3) is 0.500. The first-order chi connectivity index (χ1) is 8.04. The van der Waals surface area contributed by atoms with Gasteiger partial charge < -0.3 is 22.4 Å². The molecule has 0 bridgehead atoms. The van der Waals surface area contributed by atoms with E-state index in [0.717, 1.165) is 18.7 Å². The van der Waals surface area contributed by atoms with Crippen LogP contribution in [-0.2, 0) is 4.74 Å². The largest absolute Gasteiger partial charge is 1.00 e. The number of aromatic nitrogens is 1. The Balaban J connectivity index is 0.00000289. The molecule has 0 radical (unpaired) electrons. The van der Waals surface area contributed by atoms with Gasteiger partial charge in [0.15, 0.2) is 0 Å². The van der Waals surface area contributed by atoms with Gasteiger partial charge in [-0.2, -0.15) is 0 Å². The maximum atomic E-state index is 12.4. The Kier molecular flexibility index (Phi) is 9.54. The smallest absolute Gasteiger partial charge is 0.490 e. The second-order valence-corrected chi connectivity index (χ2v) is 3.49. The molecule has 1 heterocycles. The summed E-state index contributed by atoms with van der Waals surface area (Å²) in [6.07, 6.45) is 2.94. The normalized spacial score (nSPS) is 10.9. The number of rotatable bonds is 7. The van der Waals surface area contributed by atoms with Crippen molar-refractivity contribution in [2.24, 2.45) is 0 Å². The first-order valence-corrected chi connectivity index (χ1v) is 5.39. The summed E-state index contributed by atoms with van der Waals surface area (Å²) in [7, 11) is 0. The third-order valence-corrected chi connectivity index (χ3v) is 1.96. The zero-order chi connectivity index (χ0) is 12.7. The molecule has 1 rings (SSSR count). The van der Waals surface area contributed by atoms with Gasteiger partial charge in [0.2, 0.25) is 0 Å². The van der Waals surface area contributed by atoms with E-state index < -0.39 is 12.4 Å². The van der Waals surface area contributed by atoms with Crippen LogP contribution in [0.3, 0.4) is 0 Å². The number of halogens is 3. The quantitative estimate of drug-likeness (QED) is 0.473. The van der Waals surface area contributed by atoms with Crippen LogP contribution in [0.25, 0.3) is 0 Å². The predicted molar refractivity (Wildman–Crippen MR) is 59.6 cm³/mol. The topological polar surface area (TPSA) is 31.4 Å². The molecule has 1 aromatic rings. The minimum Gasteiger partial charge on any atom is -0.490 e. The van der Waals surface area contributed by atoms with E-state index >= 15 is 0 Å². The predicted octanol–water partition coefficient (Wildman–Crippen LogP) is -1.05. The van der Waals surface area contributed by atoms with Crippen molar-refractivity contribution in [2.45, 2.75) is 13.3 Å². The van der Waals surface area contributed by atoms with Crippen LogP contribution in [0.15, 0.2) is 18.5 Å².